The van der Waals surface area contributed by atoms with Gasteiger partial charge in [-0.1, -0.05) is 57.2 Å². The summed E-state index contributed by atoms with van der Waals surface area (Å²) >= 11 is 0. The molecule has 0 amide bonds. The maximum absolute atomic E-state index is 11.6. The largest absolute Gasteiger partial charge is 0.496 e. The van der Waals surface area contributed by atoms with Crippen molar-refractivity contribution >= 4 is 0 Å². The molecule has 2 aromatic rings. The van der Waals surface area contributed by atoms with Gasteiger partial charge in [-0.05, 0) is 47.6 Å². The van der Waals surface area contributed by atoms with Crippen LogP contribution in [0.4, 0.5) is 0 Å². The molecular formula is C28H36O5. The second-order valence-corrected chi connectivity index (χ2v) is 10.7. The highest BCUT2D eigenvalue weighted by Gasteiger charge is 2.69. The molecule has 7 atom stereocenters. The van der Waals surface area contributed by atoms with Crippen molar-refractivity contribution in [2.45, 2.75) is 64.6 Å². The maximum Gasteiger partial charge on any atom is 0.159 e. The Labute approximate surface area is 197 Å². The van der Waals surface area contributed by atoms with Crippen molar-refractivity contribution < 1.29 is 24.1 Å². The van der Waals surface area contributed by atoms with Crippen molar-refractivity contribution in [1.82, 2.24) is 0 Å². The average molecular weight is 453 g/mol. The Morgan fingerprint density at radius 3 is 2.18 bits per heavy atom. The minimum atomic E-state index is -0.940. The molecule has 5 heteroatoms. The van der Waals surface area contributed by atoms with Crippen LogP contribution in [0.1, 0.15) is 63.4 Å². The first-order chi connectivity index (χ1) is 15.8. The van der Waals surface area contributed by atoms with Crippen LogP contribution in [0.2, 0.25) is 0 Å². The highest BCUT2D eigenvalue weighted by molar-refractivity contribution is 5.41. The smallest absolute Gasteiger partial charge is 0.159 e. The molecule has 1 aliphatic heterocycles. The summed E-state index contributed by atoms with van der Waals surface area (Å²) < 4.78 is 24.4. The van der Waals surface area contributed by atoms with Gasteiger partial charge in [0, 0.05) is 17.5 Å². The fourth-order valence-electron chi connectivity index (χ4n) is 7.03. The molecule has 0 unspecified atom stereocenters. The first-order valence-corrected chi connectivity index (χ1v) is 12.1. The molecule has 3 aliphatic rings. The van der Waals surface area contributed by atoms with Gasteiger partial charge < -0.3 is 24.1 Å². The number of hydrogen-bond donors (Lipinski definition) is 1. The lowest BCUT2D eigenvalue weighted by Crippen LogP contribution is -2.38. The molecule has 0 spiro atoms. The molecule has 2 saturated carbocycles. The molecule has 1 N–H and O–H groups in total. The minimum Gasteiger partial charge on any atom is -0.496 e. The Hall–Kier alpha value is -2.08. The molecule has 0 radical (unpaired) electrons. The van der Waals surface area contributed by atoms with Gasteiger partial charge in [0.15, 0.2) is 6.29 Å². The van der Waals surface area contributed by atoms with Crippen LogP contribution in [-0.4, -0.2) is 31.7 Å². The molecule has 1 heterocycles. The molecular weight excluding hydrogens is 416 g/mol. The van der Waals surface area contributed by atoms with Crippen molar-refractivity contribution in [3.8, 4) is 11.5 Å². The second-order valence-electron chi connectivity index (χ2n) is 10.7. The summed E-state index contributed by atoms with van der Waals surface area (Å²) in [4.78, 5) is 0. The Morgan fingerprint density at radius 2 is 1.55 bits per heavy atom. The lowest BCUT2D eigenvalue weighted by Gasteiger charge is -2.39. The zero-order valence-electron chi connectivity index (χ0n) is 20.3. The monoisotopic (exact) mass is 452 g/mol. The number of para-hydroxylation sites is 2. The number of aliphatic hydroxyl groups is 1. The van der Waals surface area contributed by atoms with Crippen LogP contribution in [0.5, 0.6) is 11.5 Å². The zero-order chi connectivity index (χ0) is 23.4. The van der Waals surface area contributed by atoms with Crippen LogP contribution >= 0.6 is 0 Å². The Bertz CT molecular complexity index is 1000. The summed E-state index contributed by atoms with van der Waals surface area (Å²) in [6, 6.07) is 15.2. The van der Waals surface area contributed by atoms with E-state index in [0.717, 1.165) is 12.0 Å². The van der Waals surface area contributed by atoms with Crippen molar-refractivity contribution in [3.63, 3.8) is 0 Å². The molecule has 1 saturated heterocycles. The number of hydrogen-bond acceptors (Lipinski definition) is 5. The number of rotatable bonds is 7. The summed E-state index contributed by atoms with van der Waals surface area (Å²) in [5.74, 6) is 2.48. The normalized spacial score (nSPS) is 33.5. The summed E-state index contributed by atoms with van der Waals surface area (Å²) in [6.07, 6.45) is 1.58. The molecule has 5 nitrogen and oxygen atoms in total. The van der Waals surface area contributed by atoms with Crippen molar-refractivity contribution in [2.24, 2.45) is 22.7 Å². The fourth-order valence-corrected chi connectivity index (χ4v) is 7.03. The van der Waals surface area contributed by atoms with Gasteiger partial charge in [0.25, 0.3) is 0 Å². The topological polar surface area (TPSA) is 57.2 Å². The van der Waals surface area contributed by atoms with E-state index in [-0.39, 0.29) is 23.2 Å². The molecule has 178 valence electrons. The van der Waals surface area contributed by atoms with E-state index < -0.39 is 12.2 Å². The van der Waals surface area contributed by atoms with Gasteiger partial charge in [0.2, 0.25) is 0 Å². The van der Waals surface area contributed by atoms with E-state index in [1.165, 1.54) is 12.8 Å². The van der Waals surface area contributed by atoms with Crippen molar-refractivity contribution in [2.75, 3.05) is 14.2 Å². The minimum absolute atomic E-state index is 0.168. The van der Waals surface area contributed by atoms with Crippen LogP contribution < -0.4 is 9.47 Å². The fraction of sp³-hybridized carbons (Fsp3) is 0.571. The van der Waals surface area contributed by atoms with E-state index in [1.54, 1.807) is 14.2 Å². The van der Waals surface area contributed by atoms with Crippen LogP contribution in [0.15, 0.2) is 48.5 Å². The maximum atomic E-state index is 11.6. The summed E-state index contributed by atoms with van der Waals surface area (Å²) in [6.45, 7) is 7.21. The number of benzene rings is 2. The van der Waals surface area contributed by atoms with E-state index in [9.17, 15) is 5.11 Å². The number of aliphatic hydroxyl groups excluding tert-OH is 1. The first kappa shape index (κ1) is 22.7. The summed E-state index contributed by atoms with van der Waals surface area (Å²) in [7, 11) is 3.26. The lowest BCUT2D eigenvalue weighted by molar-refractivity contribution is -0.206. The van der Waals surface area contributed by atoms with E-state index in [0.29, 0.717) is 28.9 Å². The average Bonchev–Trinajstić information content (AvgIpc) is 3.40. The van der Waals surface area contributed by atoms with E-state index in [2.05, 4.69) is 20.8 Å². The van der Waals surface area contributed by atoms with Gasteiger partial charge in [0.05, 0.1) is 20.3 Å². The third-order valence-corrected chi connectivity index (χ3v) is 9.16. The quantitative estimate of drug-likeness (QED) is 0.585. The van der Waals surface area contributed by atoms with Crippen LogP contribution in [0, 0.1) is 22.7 Å². The molecule has 33 heavy (non-hydrogen) atoms. The third-order valence-electron chi connectivity index (χ3n) is 9.16. The molecule has 3 fully saturated rings. The van der Waals surface area contributed by atoms with Crippen LogP contribution in [0.25, 0.3) is 0 Å². The van der Waals surface area contributed by atoms with Gasteiger partial charge >= 0.3 is 0 Å². The SMILES string of the molecule is COc1ccccc1[C@@H](O[C@H]1C[C@@H]2[C@H]3CC[C@@](C)([C@@H]2O1)C3(C)C)[C@@H](O)c1ccccc1OC. The summed E-state index contributed by atoms with van der Waals surface area (Å²) in [5, 5.41) is 11.6. The lowest BCUT2D eigenvalue weighted by atomic mass is 9.70. The standard InChI is InChI=1S/C28H36O5/c1-27(2)20-14-15-28(27,3)26-19(20)16-23(33-26)32-25(18-11-7-9-13-22(18)31-5)24(29)17-10-6-8-12-21(17)30-4/h6-13,19-20,23-26,29H,14-16H2,1-5H3/t19-,20-,23-,24+,25-,26-,28+/m1/s1. The highest BCUT2D eigenvalue weighted by Crippen LogP contribution is 2.71. The van der Waals surface area contributed by atoms with Crippen molar-refractivity contribution in [3.05, 3.63) is 59.7 Å². The van der Waals surface area contributed by atoms with Gasteiger partial charge in [-0.15, -0.1) is 0 Å². The van der Waals surface area contributed by atoms with E-state index in [1.807, 2.05) is 48.5 Å². The molecule has 2 aromatic carbocycles. The Morgan fingerprint density at radius 1 is 0.939 bits per heavy atom. The van der Waals surface area contributed by atoms with Crippen LogP contribution in [0.3, 0.4) is 0 Å². The Balaban J connectivity index is 1.45. The number of methoxy groups -OCH3 is 2. The molecule has 2 bridgehead atoms. The van der Waals surface area contributed by atoms with E-state index >= 15 is 0 Å². The number of ether oxygens (including phenoxy) is 4. The van der Waals surface area contributed by atoms with Gasteiger partial charge in [0.1, 0.15) is 23.7 Å². The number of fused-ring (bicyclic) bond motifs is 5. The zero-order valence-corrected chi connectivity index (χ0v) is 20.3. The van der Waals surface area contributed by atoms with Crippen molar-refractivity contribution in [1.29, 1.82) is 0 Å². The summed E-state index contributed by atoms with van der Waals surface area (Å²) in [5.41, 5.74) is 1.93. The molecule has 0 aromatic heterocycles. The van der Waals surface area contributed by atoms with Gasteiger partial charge in [-0.25, -0.2) is 0 Å². The first-order valence-electron chi connectivity index (χ1n) is 12.1. The van der Waals surface area contributed by atoms with Gasteiger partial charge in [-0.3, -0.25) is 0 Å². The molecule has 5 rings (SSSR count). The predicted octanol–water partition coefficient (Wildman–Crippen LogP) is 5.68. The molecule has 2 aliphatic carbocycles. The van der Waals surface area contributed by atoms with Gasteiger partial charge in [-0.2, -0.15) is 0 Å². The van der Waals surface area contributed by atoms with E-state index in [4.69, 9.17) is 18.9 Å². The highest BCUT2D eigenvalue weighted by atomic mass is 16.7. The second kappa shape index (κ2) is 8.30. The third kappa shape index (κ3) is 3.39. The predicted molar refractivity (Wildman–Crippen MR) is 126 cm³/mol. The Kier molecular flexibility index (Phi) is 5.71. The van der Waals surface area contributed by atoms with Crippen LogP contribution in [-0.2, 0) is 9.47 Å².